The van der Waals surface area contributed by atoms with E-state index in [-0.39, 0.29) is 5.84 Å². The van der Waals surface area contributed by atoms with Gasteiger partial charge in [-0.05, 0) is 18.2 Å². The highest BCUT2D eigenvalue weighted by molar-refractivity contribution is 7.99. The zero-order chi connectivity index (χ0) is 13.7. The largest absolute Gasteiger partial charge is 0.496 e. The van der Waals surface area contributed by atoms with E-state index < -0.39 is 0 Å². The summed E-state index contributed by atoms with van der Waals surface area (Å²) < 4.78 is 5.31. The van der Waals surface area contributed by atoms with Crippen molar-refractivity contribution in [2.24, 2.45) is 10.9 Å². The molecule has 0 aliphatic rings. The van der Waals surface area contributed by atoms with Gasteiger partial charge in [-0.1, -0.05) is 47.2 Å². The molecule has 0 aromatic heterocycles. The second kappa shape index (κ2) is 6.15. The number of nitrogens with two attached hydrogens (primary N) is 1. The number of methoxy groups -OCH3 is 1. The Hall–Kier alpha value is -2.14. The van der Waals surface area contributed by atoms with E-state index in [1.165, 1.54) is 11.8 Å². The molecular formula is C14H14N2O2S. The molecule has 0 fully saturated rings. The molecule has 0 amide bonds. The predicted octanol–water partition coefficient (Wildman–Crippen LogP) is 2.94. The summed E-state index contributed by atoms with van der Waals surface area (Å²) in [6.45, 7) is 0. The maximum absolute atomic E-state index is 8.81. The standard InChI is InChI=1S/C14H14N2O2S/c1-18-11-7-3-5-9-13(11)19-12-8-4-2-6-10(12)14(15)16-17/h2-9,17H,1H3,(H2,15,16). The van der Waals surface area contributed by atoms with E-state index in [1.807, 2.05) is 48.5 Å². The van der Waals surface area contributed by atoms with E-state index in [1.54, 1.807) is 7.11 Å². The van der Waals surface area contributed by atoms with Crippen molar-refractivity contribution in [2.45, 2.75) is 9.79 Å². The van der Waals surface area contributed by atoms with Gasteiger partial charge in [0.25, 0.3) is 0 Å². The molecule has 4 nitrogen and oxygen atoms in total. The molecule has 0 aliphatic heterocycles. The van der Waals surface area contributed by atoms with Gasteiger partial charge in [0.1, 0.15) is 5.75 Å². The van der Waals surface area contributed by atoms with Crippen molar-refractivity contribution in [3.05, 3.63) is 54.1 Å². The molecule has 2 aromatic rings. The van der Waals surface area contributed by atoms with Gasteiger partial charge in [0.2, 0.25) is 0 Å². The first-order chi connectivity index (χ1) is 9.26. The number of nitrogens with zero attached hydrogens (tertiary/aromatic N) is 1. The van der Waals surface area contributed by atoms with Gasteiger partial charge in [-0.2, -0.15) is 0 Å². The zero-order valence-electron chi connectivity index (χ0n) is 10.4. The van der Waals surface area contributed by atoms with Crippen molar-refractivity contribution in [3.63, 3.8) is 0 Å². The Labute approximate surface area is 115 Å². The Kier molecular flexibility index (Phi) is 4.30. The van der Waals surface area contributed by atoms with Crippen molar-refractivity contribution in [1.82, 2.24) is 0 Å². The van der Waals surface area contributed by atoms with Crippen LogP contribution in [0.15, 0.2) is 63.5 Å². The van der Waals surface area contributed by atoms with Crippen LogP contribution in [0.5, 0.6) is 5.75 Å². The van der Waals surface area contributed by atoms with Crippen molar-refractivity contribution in [1.29, 1.82) is 0 Å². The highest BCUT2D eigenvalue weighted by atomic mass is 32.2. The number of benzene rings is 2. The molecule has 3 N–H and O–H groups in total. The van der Waals surface area contributed by atoms with Gasteiger partial charge >= 0.3 is 0 Å². The van der Waals surface area contributed by atoms with E-state index in [9.17, 15) is 0 Å². The summed E-state index contributed by atoms with van der Waals surface area (Å²) in [5.74, 6) is 0.889. The lowest BCUT2D eigenvalue weighted by molar-refractivity contribution is 0.318. The average Bonchev–Trinajstić information content (AvgIpc) is 2.47. The summed E-state index contributed by atoms with van der Waals surface area (Å²) in [6.07, 6.45) is 0. The van der Waals surface area contributed by atoms with Gasteiger partial charge in [0.15, 0.2) is 5.84 Å². The van der Waals surface area contributed by atoms with Crippen LogP contribution in [0, 0.1) is 0 Å². The summed E-state index contributed by atoms with van der Waals surface area (Å²) in [5.41, 5.74) is 6.37. The first kappa shape index (κ1) is 13.3. The lowest BCUT2D eigenvalue weighted by atomic mass is 10.2. The van der Waals surface area contributed by atoms with Gasteiger partial charge in [-0.15, -0.1) is 0 Å². The van der Waals surface area contributed by atoms with Gasteiger partial charge in [-0.3, -0.25) is 0 Å². The molecule has 0 radical (unpaired) electrons. The smallest absolute Gasteiger partial charge is 0.171 e. The predicted molar refractivity (Wildman–Crippen MR) is 76.1 cm³/mol. The average molecular weight is 274 g/mol. The minimum absolute atomic E-state index is 0.0954. The molecular weight excluding hydrogens is 260 g/mol. The van der Waals surface area contributed by atoms with Gasteiger partial charge in [-0.25, -0.2) is 0 Å². The molecule has 0 atom stereocenters. The number of ether oxygens (including phenoxy) is 1. The van der Waals surface area contributed by atoms with Gasteiger partial charge in [0, 0.05) is 10.5 Å². The highest BCUT2D eigenvalue weighted by Gasteiger charge is 2.10. The van der Waals surface area contributed by atoms with E-state index in [0.29, 0.717) is 5.56 Å². The molecule has 0 heterocycles. The van der Waals surface area contributed by atoms with Crippen LogP contribution in [0.4, 0.5) is 0 Å². The Morgan fingerprint density at radius 2 is 1.74 bits per heavy atom. The molecule has 19 heavy (non-hydrogen) atoms. The molecule has 98 valence electrons. The van der Waals surface area contributed by atoms with E-state index in [0.717, 1.165) is 15.5 Å². The summed E-state index contributed by atoms with van der Waals surface area (Å²) in [7, 11) is 1.63. The molecule has 0 saturated heterocycles. The maximum atomic E-state index is 8.81. The van der Waals surface area contributed by atoms with Crippen LogP contribution >= 0.6 is 11.8 Å². The van der Waals surface area contributed by atoms with Crippen molar-refractivity contribution in [2.75, 3.05) is 7.11 Å². The SMILES string of the molecule is COc1ccccc1Sc1ccccc1/C(N)=N/O. The normalized spacial score (nSPS) is 11.3. The Bertz CT molecular complexity index is 600. The third kappa shape index (κ3) is 3.00. The Balaban J connectivity index is 2.39. The summed E-state index contributed by atoms with van der Waals surface area (Å²) in [4.78, 5) is 1.88. The number of amidine groups is 1. The van der Waals surface area contributed by atoms with Crippen LogP contribution in [-0.4, -0.2) is 18.2 Å². The number of oxime groups is 1. The van der Waals surface area contributed by atoms with E-state index in [4.69, 9.17) is 15.7 Å². The second-order valence-electron chi connectivity index (χ2n) is 3.73. The molecule has 0 saturated carbocycles. The molecule has 2 aromatic carbocycles. The highest BCUT2D eigenvalue weighted by Crippen LogP contribution is 2.36. The summed E-state index contributed by atoms with van der Waals surface area (Å²) in [5, 5.41) is 11.9. The topological polar surface area (TPSA) is 67.8 Å². The van der Waals surface area contributed by atoms with Crippen LogP contribution in [0.1, 0.15) is 5.56 Å². The summed E-state index contributed by atoms with van der Waals surface area (Å²) >= 11 is 1.51. The Morgan fingerprint density at radius 1 is 1.11 bits per heavy atom. The monoisotopic (exact) mass is 274 g/mol. The van der Waals surface area contributed by atoms with Crippen molar-refractivity contribution in [3.8, 4) is 5.75 Å². The van der Waals surface area contributed by atoms with Gasteiger partial charge < -0.3 is 15.7 Å². The maximum Gasteiger partial charge on any atom is 0.171 e. The third-order valence-corrected chi connectivity index (χ3v) is 3.69. The zero-order valence-corrected chi connectivity index (χ0v) is 11.2. The van der Waals surface area contributed by atoms with Crippen molar-refractivity contribution >= 4 is 17.6 Å². The van der Waals surface area contributed by atoms with Crippen LogP contribution < -0.4 is 10.5 Å². The third-order valence-electron chi connectivity index (χ3n) is 2.56. The van der Waals surface area contributed by atoms with Gasteiger partial charge in [0.05, 0.1) is 12.0 Å². The van der Waals surface area contributed by atoms with Crippen LogP contribution in [0.3, 0.4) is 0 Å². The lowest BCUT2D eigenvalue weighted by Gasteiger charge is -2.10. The first-order valence-corrected chi connectivity index (χ1v) is 6.45. The first-order valence-electron chi connectivity index (χ1n) is 5.64. The fourth-order valence-electron chi connectivity index (χ4n) is 1.64. The lowest BCUT2D eigenvalue weighted by Crippen LogP contribution is -2.13. The Morgan fingerprint density at radius 3 is 2.42 bits per heavy atom. The number of para-hydroxylation sites is 1. The fraction of sp³-hybridized carbons (Fsp3) is 0.0714. The number of rotatable bonds is 4. The molecule has 0 unspecified atom stereocenters. The minimum atomic E-state index is 0.0954. The molecule has 5 heteroatoms. The van der Waals surface area contributed by atoms with Crippen LogP contribution in [-0.2, 0) is 0 Å². The van der Waals surface area contributed by atoms with Crippen LogP contribution in [0.25, 0.3) is 0 Å². The van der Waals surface area contributed by atoms with Crippen molar-refractivity contribution < 1.29 is 9.94 Å². The minimum Gasteiger partial charge on any atom is -0.496 e. The van der Waals surface area contributed by atoms with Crippen LogP contribution in [0.2, 0.25) is 0 Å². The summed E-state index contributed by atoms with van der Waals surface area (Å²) in [6, 6.07) is 15.2. The molecule has 0 bridgehead atoms. The molecule has 0 spiro atoms. The van der Waals surface area contributed by atoms with E-state index in [2.05, 4.69) is 5.16 Å². The molecule has 2 rings (SSSR count). The van der Waals surface area contributed by atoms with E-state index >= 15 is 0 Å². The number of hydrogen-bond donors (Lipinski definition) is 2. The fourth-order valence-corrected chi connectivity index (χ4v) is 2.71. The quantitative estimate of drug-likeness (QED) is 0.389. The number of hydrogen-bond acceptors (Lipinski definition) is 4. The second-order valence-corrected chi connectivity index (χ2v) is 4.82. The molecule has 0 aliphatic carbocycles.